The highest BCUT2D eigenvalue weighted by Crippen LogP contribution is 2.44. The van der Waals surface area contributed by atoms with Crippen LogP contribution in [0.15, 0.2) is 0 Å². The molecule has 17 heavy (non-hydrogen) atoms. The van der Waals surface area contributed by atoms with Crippen LogP contribution in [0.2, 0.25) is 0 Å². The van der Waals surface area contributed by atoms with Gasteiger partial charge in [-0.3, -0.25) is 4.79 Å². The molecule has 0 aromatic carbocycles. The molecule has 0 radical (unpaired) electrons. The van der Waals surface area contributed by atoms with Crippen molar-refractivity contribution < 1.29 is 9.53 Å². The van der Waals surface area contributed by atoms with E-state index in [1.165, 1.54) is 19.3 Å². The monoisotopic (exact) mass is 260 g/mol. The van der Waals surface area contributed by atoms with Crippen molar-refractivity contribution in [1.29, 1.82) is 0 Å². The van der Waals surface area contributed by atoms with E-state index in [0.29, 0.717) is 5.88 Å². The van der Waals surface area contributed by atoms with Gasteiger partial charge < -0.3 is 4.74 Å². The lowest BCUT2D eigenvalue weighted by atomic mass is 9.67. The van der Waals surface area contributed by atoms with Gasteiger partial charge in [0.15, 0.2) is 0 Å². The molecule has 0 aromatic rings. The Kier molecular flexibility index (Phi) is 4.88. The molecule has 0 aromatic heterocycles. The largest absolute Gasteiger partial charge is 0.460 e. The summed E-state index contributed by atoms with van der Waals surface area (Å²) in [5, 5.41) is 0. The van der Waals surface area contributed by atoms with E-state index >= 15 is 0 Å². The summed E-state index contributed by atoms with van der Waals surface area (Å²) in [6.45, 7) is 7.70. The molecule has 1 unspecified atom stereocenters. The Morgan fingerprint density at radius 1 is 1.29 bits per heavy atom. The number of hydrogen-bond acceptors (Lipinski definition) is 2. The van der Waals surface area contributed by atoms with E-state index in [-0.39, 0.29) is 17.3 Å². The number of ether oxygens (including phenoxy) is 1. The molecule has 0 N–H and O–H groups in total. The lowest BCUT2D eigenvalue weighted by Gasteiger charge is -2.40. The predicted molar refractivity (Wildman–Crippen MR) is 71.2 cm³/mol. The minimum atomic E-state index is -0.409. The Morgan fingerprint density at radius 3 is 2.24 bits per heavy atom. The van der Waals surface area contributed by atoms with Gasteiger partial charge in [0.2, 0.25) is 0 Å². The van der Waals surface area contributed by atoms with E-state index in [4.69, 9.17) is 16.3 Å². The summed E-state index contributed by atoms with van der Waals surface area (Å²) in [5.74, 6) is 0.368. The molecule has 0 saturated heterocycles. The fourth-order valence-electron chi connectivity index (χ4n) is 2.58. The molecule has 2 nitrogen and oxygen atoms in total. The highest BCUT2D eigenvalue weighted by atomic mass is 35.5. The van der Waals surface area contributed by atoms with E-state index in [0.717, 1.165) is 12.8 Å². The second-order valence-electron chi connectivity index (χ2n) is 6.31. The number of carbonyl (C=O) groups excluding carboxylic acids is 1. The summed E-state index contributed by atoms with van der Waals surface area (Å²) in [6.07, 6.45) is 5.73. The normalized spacial score (nSPS) is 21.9. The van der Waals surface area contributed by atoms with Crippen molar-refractivity contribution in [2.75, 3.05) is 5.88 Å². The number of esters is 1. The zero-order valence-corrected chi connectivity index (χ0v) is 12.3. The molecule has 0 amide bonds. The second kappa shape index (κ2) is 5.60. The smallest absolute Gasteiger partial charge is 0.309 e. The zero-order chi connectivity index (χ0) is 13.1. The Labute approximate surface area is 110 Å². The minimum absolute atomic E-state index is 0.0395. The van der Waals surface area contributed by atoms with Crippen molar-refractivity contribution in [3.05, 3.63) is 0 Å². The highest BCUT2D eigenvalue weighted by Gasteiger charge is 2.41. The van der Waals surface area contributed by atoms with E-state index in [9.17, 15) is 4.79 Å². The predicted octanol–water partition coefficient (Wildman–Crippen LogP) is 4.15. The first-order chi connectivity index (χ1) is 7.81. The van der Waals surface area contributed by atoms with Crippen molar-refractivity contribution >= 4 is 17.6 Å². The molecule has 1 atom stereocenters. The quantitative estimate of drug-likeness (QED) is 0.563. The maximum absolute atomic E-state index is 12.1. The lowest BCUT2D eigenvalue weighted by molar-refractivity contribution is -0.164. The van der Waals surface area contributed by atoms with Crippen molar-refractivity contribution in [1.82, 2.24) is 0 Å². The van der Waals surface area contributed by atoms with Crippen LogP contribution in [0.4, 0.5) is 0 Å². The molecule has 100 valence electrons. The first-order valence-corrected chi connectivity index (χ1v) is 7.13. The van der Waals surface area contributed by atoms with Gasteiger partial charge in [0.25, 0.3) is 0 Å². The highest BCUT2D eigenvalue weighted by molar-refractivity contribution is 6.18. The van der Waals surface area contributed by atoms with Crippen LogP contribution in [0.1, 0.15) is 59.8 Å². The Balaban J connectivity index is 2.71. The Hall–Kier alpha value is -0.240. The first kappa shape index (κ1) is 14.8. The van der Waals surface area contributed by atoms with Crippen molar-refractivity contribution in [2.24, 2.45) is 11.3 Å². The fraction of sp³-hybridized carbons (Fsp3) is 0.929. The SMILES string of the molecule is CC(C(=O)OC(C)(C)C)C1(CCl)CCCCC1. The van der Waals surface area contributed by atoms with Crippen LogP contribution in [0.3, 0.4) is 0 Å². The molecule has 1 aliphatic rings. The third-order valence-electron chi connectivity index (χ3n) is 3.79. The van der Waals surface area contributed by atoms with Gasteiger partial charge in [0.1, 0.15) is 5.60 Å². The molecule has 1 rings (SSSR count). The minimum Gasteiger partial charge on any atom is -0.460 e. The molecule has 3 heteroatoms. The topological polar surface area (TPSA) is 26.3 Å². The van der Waals surface area contributed by atoms with E-state index in [1.807, 2.05) is 27.7 Å². The van der Waals surface area contributed by atoms with Gasteiger partial charge in [-0.2, -0.15) is 0 Å². The standard InChI is InChI=1S/C14H25ClO2/c1-11(12(16)17-13(2,3)4)14(10-15)8-6-5-7-9-14/h11H,5-10H2,1-4H3. The van der Waals surface area contributed by atoms with E-state index in [1.54, 1.807) is 0 Å². The summed E-state index contributed by atoms with van der Waals surface area (Å²) in [5.41, 5.74) is -0.449. The first-order valence-electron chi connectivity index (χ1n) is 6.59. The Bertz CT molecular complexity index is 262. The van der Waals surface area contributed by atoms with Gasteiger partial charge in [0, 0.05) is 5.88 Å². The maximum Gasteiger partial charge on any atom is 0.309 e. The Morgan fingerprint density at radius 2 is 1.82 bits per heavy atom. The lowest BCUT2D eigenvalue weighted by Crippen LogP contribution is -2.40. The van der Waals surface area contributed by atoms with Crippen LogP contribution in [0.25, 0.3) is 0 Å². The average Bonchev–Trinajstić information content (AvgIpc) is 2.26. The number of hydrogen-bond donors (Lipinski definition) is 0. The van der Waals surface area contributed by atoms with Gasteiger partial charge in [-0.15, -0.1) is 11.6 Å². The second-order valence-corrected chi connectivity index (χ2v) is 6.58. The molecule has 1 saturated carbocycles. The summed E-state index contributed by atoms with van der Waals surface area (Å²) in [6, 6.07) is 0. The fourth-order valence-corrected chi connectivity index (χ4v) is 3.08. The van der Waals surface area contributed by atoms with Crippen LogP contribution < -0.4 is 0 Å². The molecular formula is C14H25ClO2. The molecule has 0 spiro atoms. The average molecular weight is 261 g/mol. The van der Waals surface area contributed by atoms with Gasteiger partial charge in [-0.05, 0) is 39.0 Å². The van der Waals surface area contributed by atoms with E-state index < -0.39 is 5.60 Å². The summed E-state index contributed by atoms with van der Waals surface area (Å²) >= 11 is 6.14. The van der Waals surface area contributed by atoms with Crippen molar-refractivity contribution in [2.45, 2.75) is 65.4 Å². The van der Waals surface area contributed by atoms with Crippen molar-refractivity contribution in [3.63, 3.8) is 0 Å². The van der Waals surface area contributed by atoms with Gasteiger partial charge >= 0.3 is 5.97 Å². The molecule has 0 aliphatic heterocycles. The van der Waals surface area contributed by atoms with Crippen LogP contribution in [-0.4, -0.2) is 17.5 Å². The van der Waals surface area contributed by atoms with Crippen LogP contribution in [-0.2, 0) is 9.53 Å². The van der Waals surface area contributed by atoms with Gasteiger partial charge in [-0.25, -0.2) is 0 Å². The summed E-state index contributed by atoms with van der Waals surface area (Å²) in [4.78, 5) is 12.1. The summed E-state index contributed by atoms with van der Waals surface area (Å²) in [7, 11) is 0. The molecule has 0 bridgehead atoms. The number of carbonyl (C=O) groups is 1. The zero-order valence-electron chi connectivity index (χ0n) is 11.5. The van der Waals surface area contributed by atoms with Crippen LogP contribution >= 0.6 is 11.6 Å². The molecule has 0 heterocycles. The van der Waals surface area contributed by atoms with Gasteiger partial charge in [-0.1, -0.05) is 26.2 Å². The number of alkyl halides is 1. The van der Waals surface area contributed by atoms with Gasteiger partial charge in [0.05, 0.1) is 5.92 Å². The number of halogens is 1. The third-order valence-corrected chi connectivity index (χ3v) is 4.33. The molecule has 1 aliphatic carbocycles. The number of rotatable bonds is 3. The van der Waals surface area contributed by atoms with Crippen molar-refractivity contribution in [3.8, 4) is 0 Å². The maximum atomic E-state index is 12.1. The summed E-state index contributed by atoms with van der Waals surface area (Å²) < 4.78 is 5.48. The van der Waals surface area contributed by atoms with Crippen LogP contribution in [0.5, 0.6) is 0 Å². The molecular weight excluding hydrogens is 236 g/mol. The van der Waals surface area contributed by atoms with E-state index in [2.05, 4.69) is 0 Å². The molecule has 1 fully saturated rings. The van der Waals surface area contributed by atoms with Crippen LogP contribution in [0, 0.1) is 11.3 Å². The third kappa shape index (κ3) is 3.87.